The van der Waals surface area contributed by atoms with Crippen molar-refractivity contribution in [3.05, 3.63) is 16.5 Å². The molecule has 2 aromatic heterocycles. The summed E-state index contributed by atoms with van der Waals surface area (Å²) in [5, 5.41) is 6.82. The van der Waals surface area contributed by atoms with E-state index in [-0.39, 0.29) is 23.9 Å². The third-order valence-electron chi connectivity index (χ3n) is 4.82. The van der Waals surface area contributed by atoms with Crippen molar-refractivity contribution in [1.29, 1.82) is 0 Å². The van der Waals surface area contributed by atoms with Crippen LogP contribution in [0.4, 0.5) is 5.82 Å². The number of nitrogens with two attached hydrogens (primary N) is 1. The van der Waals surface area contributed by atoms with E-state index in [0.717, 1.165) is 35.9 Å². The Morgan fingerprint density at radius 2 is 1.71 bits per heavy atom. The average molecular weight is 346 g/mol. The van der Waals surface area contributed by atoms with Gasteiger partial charge in [0.15, 0.2) is 0 Å². The second kappa shape index (κ2) is 6.12. The molecule has 2 saturated carbocycles. The first-order chi connectivity index (χ1) is 11.6. The van der Waals surface area contributed by atoms with Crippen molar-refractivity contribution in [2.45, 2.75) is 57.0 Å². The second-order valence-corrected chi connectivity index (χ2v) is 7.88. The quantitative estimate of drug-likeness (QED) is 0.685. The SMILES string of the molecule is Nc1[nH]c2sc(C(=O)NC3CCCCC3)cc2c1C(=O)NC1CC1. The molecule has 2 fully saturated rings. The molecule has 24 heavy (non-hydrogen) atoms. The van der Waals surface area contributed by atoms with Gasteiger partial charge in [0.05, 0.1) is 10.4 Å². The Morgan fingerprint density at radius 3 is 2.42 bits per heavy atom. The van der Waals surface area contributed by atoms with Crippen LogP contribution in [0.25, 0.3) is 10.2 Å². The molecule has 128 valence electrons. The van der Waals surface area contributed by atoms with Crippen molar-refractivity contribution >= 4 is 39.2 Å². The fraction of sp³-hybridized carbons (Fsp3) is 0.529. The molecule has 2 aromatic rings. The highest BCUT2D eigenvalue weighted by Crippen LogP contribution is 2.32. The summed E-state index contributed by atoms with van der Waals surface area (Å²) < 4.78 is 0. The van der Waals surface area contributed by atoms with Crippen LogP contribution in [0.3, 0.4) is 0 Å². The van der Waals surface area contributed by atoms with Crippen molar-refractivity contribution in [2.24, 2.45) is 0 Å². The number of anilines is 1. The predicted octanol–water partition coefficient (Wildman–Crippen LogP) is 2.77. The molecule has 5 N–H and O–H groups in total. The number of thiophene rings is 1. The van der Waals surface area contributed by atoms with Crippen LogP contribution >= 0.6 is 11.3 Å². The Hall–Kier alpha value is -2.02. The van der Waals surface area contributed by atoms with Crippen molar-refractivity contribution in [1.82, 2.24) is 15.6 Å². The van der Waals surface area contributed by atoms with Crippen LogP contribution in [0, 0.1) is 0 Å². The molecule has 2 amide bonds. The molecule has 0 spiro atoms. The molecular formula is C17H22N4O2S. The highest BCUT2D eigenvalue weighted by molar-refractivity contribution is 7.20. The van der Waals surface area contributed by atoms with Crippen LogP contribution in [0.15, 0.2) is 6.07 Å². The molecule has 2 aliphatic carbocycles. The summed E-state index contributed by atoms with van der Waals surface area (Å²) in [6.07, 6.45) is 7.77. The standard InChI is InChI=1S/C17H22N4O2S/c18-14-13(16(23)20-10-6-7-10)11-8-12(24-17(11)21-14)15(22)19-9-4-2-1-3-5-9/h8-10,21H,1-7,18H2,(H,19,22)(H,20,23). The number of hydrogen-bond donors (Lipinski definition) is 4. The third kappa shape index (κ3) is 3.00. The number of fused-ring (bicyclic) bond motifs is 1. The molecule has 4 rings (SSSR count). The Labute approximate surface area is 144 Å². The Morgan fingerprint density at radius 1 is 1.04 bits per heavy atom. The van der Waals surface area contributed by atoms with Gasteiger partial charge in [-0.3, -0.25) is 9.59 Å². The molecule has 0 unspecified atom stereocenters. The maximum Gasteiger partial charge on any atom is 0.261 e. The Balaban J connectivity index is 1.55. The minimum absolute atomic E-state index is 0.0522. The zero-order chi connectivity index (χ0) is 16.7. The summed E-state index contributed by atoms with van der Waals surface area (Å²) in [5.41, 5.74) is 6.42. The molecule has 2 heterocycles. The van der Waals surface area contributed by atoms with Crippen LogP contribution in [0.1, 0.15) is 65.0 Å². The normalized spacial score (nSPS) is 18.7. The lowest BCUT2D eigenvalue weighted by atomic mass is 9.95. The number of carbonyl (C=O) groups excluding carboxylic acids is 2. The van der Waals surface area contributed by atoms with Crippen LogP contribution in [0.5, 0.6) is 0 Å². The molecule has 6 nitrogen and oxygen atoms in total. The van der Waals surface area contributed by atoms with E-state index in [1.165, 1.54) is 30.6 Å². The Bertz CT molecular complexity index is 784. The molecule has 7 heteroatoms. The molecule has 0 saturated heterocycles. The number of nitrogen functional groups attached to an aromatic ring is 1. The number of hydrogen-bond acceptors (Lipinski definition) is 4. The van der Waals surface area contributed by atoms with Gasteiger partial charge in [-0.1, -0.05) is 19.3 Å². The lowest BCUT2D eigenvalue weighted by molar-refractivity contribution is 0.0928. The zero-order valence-electron chi connectivity index (χ0n) is 13.5. The zero-order valence-corrected chi connectivity index (χ0v) is 14.3. The highest BCUT2D eigenvalue weighted by Gasteiger charge is 2.28. The molecule has 0 aromatic carbocycles. The predicted molar refractivity (Wildman–Crippen MR) is 95.4 cm³/mol. The van der Waals surface area contributed by atoms with E-state index < -0.39 is 0 Å². The number of aromatic amines is 1. The largest absolute Gasteiger partial charge is 0.385 e. The van der Waals surface area contributed by atoms with Gasteiger partial charge in [-0.05, 0) is 31.7 Å². The van der Waals surface area contributed by atoms with Gasteiger partial charge < -0.3 is 21.4 Å². The van der Waals surface area contributed by atoms with Crippen molar-refractivity contribution in [3.8, 4) is 0 Å². The molecule has 0 atom stereocenters. The third-order valence-corrected chi connectivity index (χ3v) is 5.87. The van der Waals surface area contributed by atoms with Gasteiger partial charge in [-0.2, -0.15) is 0 Å². The minimum atomic E-state index is -0.154. The first-order valence-electron chi connectivity index (χ1n) is 8.64. The number of rotatable bonds is 4. The summed E-state index contributed by atoms with van der Waals surface area (Å²) >= 11 is 1.35. The Kier molecular flexibility index (Phi) is 3.96. The van der Waals surface area contributed by atoms with Gasteiger partial charge in [-0.15, -0.1) is 11.3 Å². The van der Waals surface area contributed by atoms with E-state index in [4.69, 9.17) is 5.73 Å². The fourth-order valence-electron chi connectivity index (χ4n) is 3.34. The summed E-state index contributed by atoms with van der Waals surface area (Å²) in [4.78, 5) is 29.3. The van der Waals surface area contributed by atoms with Crippen LogP contribution in [0.2, 0.25) is 0 Å². The van der Waals surface area contributed by atoms with Gasteiger partial charge in [0.1, 0.15) is 10.6 Å². The number of amides is 2. The first kappa shape index (κ1) is 15.5. The number of aromatic nitrogens is 1. The van der Waals surface area contributed by atoms with E-state index in [9.17, 15) is 9.59 Å². The lowest BCUT2D eigenvalue weighted by Gasteiger charge is -2.22. The molecular weight excluding hydrogens is 324 g/mol. The summed E-state index contributed by atoms with van der Waals surface area (Å²) in [6, 6.07) is 2.33. The summed E-state index contributed by atoms with van der Waals surface area (Å²) in [6.45, 7) is 0. The number of H-pyrrole nitrogens is 1. The van der Waals surface area contributed by atoms with Crippen LogP contribution in [-0.2, 0) is 0 Å². The second-order valence-electron chi connectivity index (χ2n) is 6.82. The van der Waals surface area contributed by atoms with Crippen molar-refractivity contribution < 1.29 is 9.59 Å². The molecule has 0 bridgehead atoms. The van der Waals surface area contributed by atoms with E-state index >= 15 is 0 Å². The van der Waals surface area contributed by atoms with Gasteiger partial charge >= 0.3 is 0 Å². The van der Waals surface area contributed by atoms with E-state index in [1.807, 2.05) is 0 Å². The van der Waals surface area contributed by atoms with Crippen molar-refractivity contribution in [2.75, 3.05) is 5.73 Å². The number of nitrogens with one attached hydrogen (secondary N) is 3. The topological polar surface area (TPSA) is 100 Å². The molecule has 2 aliphatic rings. The summed E-state index contributed by atoms with van der Waals surface area (Å²) in [7, 11) is 0. The molecule has 0 aliphatic heterocycles. The van der Waals surface area contributed by atoms with E-state index in [1.54, 1.807) is 6.07 Å². The smallest absolute Gasteiger partial charge is 0.261 e. The van der Waals surface area contributed by atoms with Crippen LogP contribution in [-0.4, -0.2) is 28.9 Å². The molecule has 0 radical (unpaired) electrons. The van der Waals surface area contributed by atoms with E-state index in [0.29, 0.717) is 16.3 Å². The van der Waals surface area contributed by atoms with Gasteiger partial charge in [0.25, 0.3) is 11.8 Å². The minimum Gasteiger partial charge on any atom is -0.385 e. The van der Waals surface area contributed by atoms with Gasteiger partial charge in [-0.25, -0.2) is 0 Å². The van der Waals surface area contributed by atoms with Gasteiger partial charge in [0.2, 0.25) is 0 Å². The van der Waals surface area contributed by atoms with Crippen molar-refractivity contribution in [3.63, 3.8) is 0 Å². The highest BCUT2D eigenvalue weighted by atomic mass is 32.1. The van der Waals surface area contributed by atoms with Gasteiger partial charge in [0, 0.05) is 17.5 Å². The van der Waals surface area contributed by atoms with E-state index in [2.05, 4.69) is 15.6 Å². The average Bonchev–Trinajstić information content (AvgIpc) is 3.18. The van der Waals surface area contributed by atoms with Crippen LogP contribution < -0.4 is 16.4 Å². The fourth-order valence-corrected chi connectivity index (χ4v) is 4.32. The summed E-state index contributed by atoms with van der Waals surface area (Å²) in [5.74, 6) is 0.163. The number of carbonyl (C=O) groups is 2. The maximum absolute atomic E-state index is 12.5. The maximum atomic E-state index is 12.5. The monoisotopic (exact) mass is 346 g/mol. The first-order valence-corrected chi connectivity index (χ1v) is 9.46. The lowest BCUT2D eigenvalue weighted by Crippen LogP contribution is -2.35.